The Kier molecular flexibility index (Phi) is 3.47. The molecular formula is C12H9F4N3O. The van der Waals surface area contributed by atoms with Gasteiger partial charge < -0.3 is 5.32 Å². The molecule has 1 aromatic heterocycles. The number of nitrogens with zero attached hydrogens (tertiary/aromatic N) is 1. The Bertz CT molecular complexity index is 648. The Morgan fingerprint density at radius 3 is 2.60 bits per heavy atom. The van der Waals surface area contributed by atoms with Gasteiger partial charge in [-0.25, -0.2) is 4.39 Å². The molecular weight excluding hydrogens is 278 g/mol. The van der Waals surface area contributed by atoms with Crippen LogP contribution in [0.1, 0.15) is 21.6 Å². The van der Waals surface area contributed by atoms with Gasteiger partial charge in [0.2, 0.25) is 0 Å². The van der Waals surface area contributed by atoms with Crippen LogP contribution in [0.25, 0.3) is 0 Å². The molecule has 8 heteroatoms. The van der Waals surface area contributed by atoms with Crippen LogP contribution in [-0.4, -0.2) is 16.1 Å². The van der Waals surface area contributed by atoms with E-state index in [-0.39, 0.29) is 5.82 Å². The number of rotatable bonds is 2. The van der Waals surface area contributed by atoms with Crippen LogP contribution in [0.4, 0.5) is 23.4 Å². The van der Waals surface area contributed by atoms with E-state index in [1.54, 1.807) is 6.92 Å². The van der Waals surface area contributed by atoms with Crippen molar-refractivity contribution in [3.05, 3.63) is 46.9 Å². The van der Waals surface area contributed by atoms with Crippen LogP contribution in [-0.2, 0) is 6.18 Å². The monoisotopic (exact) mass is 287 g/mol. The Morgan fingerprint density at radius 1 is 1.35 bits per heavy atom. The van der Waals surface area contributed by atoms with E-state index in [4.69, 9.17) is 0 Å². The molecule has 0 saturated heterocycles. The zero-order chi connectivity index (χ0) is 14.9. The van der Waals surface area contributed by atoms with E-state index in [2.05, 4.69) is 15.5 Å². The van der Waals surface area contributed by atoms with E-state index in [0.717, 1.165) is 12.1 Å². The van der Waals surface area contributed by atoms with Crippen LogP contribution in [0.5, 0.6) is 0 Å². The average Bonchev–Trinajstić information content (AvgIpc) is 2.73. The highest BCUT2D eigenvalue weighted by atomic mass is 19.4. The molecule has 106 valence electrons. The third-order valence-corrected chi connectivity index (χ3v) is 2.50. The van der Waals surface area contributed by atoms with Gasteiger partial charge in [-0.1, -0.05) is 6.07 Å². The van der Waals surface area contributed by atoms with Crippen molar-refractivity contribution in [2.45, 2.75) is 13.1 Å². The highest BCUT2D eigenvalue weighted by Gasteiger charge is 2.35. The third kappa shape index (κ3) is 2.79. The molecule has 1 amide bonds. The maximum absolute atomic E-state index is 13.7. The van der Waals surface area contributed by atoms with E-state index in [9.17, 15) is 22.4 Å². The Labute approximate surface area is 110 Å². The standard InChI is InChI=1S/C12H9F4N3O/c1-6-5-9(19-18-6)17-11(20)7-3-2-4-8(10(7)13)12(14,15)16/h2-5H,1H3,(H2,17,18,19,20). The van der Waals surface area contributed by atoms with Gasteiger partial charge in [0, 0.05) is 11.8 Å². The largest absolute Gasteiger partial charge is 0.419 e. The van der Waals surface area contributed by atoms with Crippen LogP contribution >= 0.6 is 0 Å². The van der Waals surface area contributed by atoms with Crippen molar-refractivity contribution < 1.29 is 22.4 Å². The molecule has 1 heterocycles. The number of alkyl halides is 3. The van der Waals surface area contributed by atoms with Crippen LogP contribution < -0.4 is 5.32 Å². The summed E-state index contributed by atoms with van der Waals surface area (Å²) in [5.74, 6) is -2.51. The van der Waals surface area contributed by atoms with Crippen molar-refractivity contribution in [1.82, 2.24) is 10.2 Å². The fourth-order valence-electron chi connectivity index (χ4n) is 1.59. The topological polar surface area (TPSA) is 57.8 Å². The molecule has 0 saturated carbocycles. The second-order valence-corrected chi connectivity index (χ2v) is 4.06. The van der Waals surface area contributed by atoms with E-state index < -0.39 is 29.0 Å². The lowest BCUT2D eigenvalue weighted by Crippen LogP contribution is -2.17. The molecule has 1 aromatic carbocycles. The first-order valence-corrected chi connectivity index (χ1v) is 5.48. The maximum atomic E-state index is 13.7. The van der Waals surface area contributed by atoms with Crippen molar-refractivity contribution in [3.63, 3.8) is 0 Å². The minimum atomic E-state index is -4.86. The molecule has 0 aliphatic rings. The molecule has 0 fully saturated rings. The van der Waals surface area contributed by atoms with Gasteiger partial charge >= 0.3 is 6.18 Å². The minimum Gasteiger partial charge on any atom is -0.305 e. The van der Waals surface area contributed by atoms with Crippen molar-refractivity contribution in [1.29, 1.82) is 0 Å². The predicted octanol–water partition coefficient (Wildman–Crippen LogP) is 3.13. The number of anilines is 1. The number of amides is 1. The van der Waals surface area contributed by atoms with E-state index in [1.165, 1.54) is 6.07 Å². The lowest BCUT2D eigenvalue weighted by molar-refractivity contribution is -0.140. The molecule has 2 N–H and O–H groups in total. The lowest BCUT2D eigenvalue weighted by Gasteiger charge is -2.10. The van der Waals surface area contributed by atoms with Gasteiger partial charge in [0.05, 0.1) is 11.1 Å². The number of aromatic amines is 1. The van der Waals surface area contributed by atoms with Gasteiger partial charge in [0.1, 0.15) is 5.82 Å². The first-order valence-electron chi connectivity index (χ1n) is 5.48. The molecule has 2 rings (SSSR count). The van der Waals surface area contributed by atoms with Gasteiger partial charge in [-0.2, -0.15) is 18.3 Å². The van der Waals surface area contributed by atoms with Crippen molar-refractivity contribution >= 4 is 11.7 Å². The minimum absolute atomic E-state index is 0.101. The number of carbonyl (C=O) groups is 1. The first kappa shape index (κ1) is 14.0. The second-order valence-electron chi connectivity index (χ2n) is 4.06. The number of carbonyl (C=O) groups excluding carboxylic acids is 1. The van der Waals surface area contributed by atoms with Gasteiger partial charge in [-0.15, -0.1) is 0 Å². The highest BCUT2D eigenvalue weighted by molar-refractivity contribution is 6.04. The van der Waals surface area contributed by atoms with E-state index >= 15 is 0 Å². The quantitative estimate of drug-likeness (QED) is 0.834. The average molecular weight is 287 g/mol. The predicted molar refractivity (Wildman–Crippen MR) is 62.7 cm³/mol. The Balaban J connectivity index is 2.31. The molecule has 0 atom stereocenters. The summed E-state index contributed by atoms with van der Waals surface area (Å²) in [4.78, 5) is 11.8. The van der Waals surface area contributed by atoms with E-state index in [0.29, 0.717) is 11.8 Å². The molecule has 4 nitrogen and oxygen atoms in total. The van der Waals surface area contributed by atoms with Crippen molar-refractivity contribution in [2.75, 3.05) is 5.32 Å². The van der Waals surface area contributed by atoms with Crippen molar-refractivity contribution in [2.24, 2.45) is 0 Å². The molecule has 0 aliphatic heterocycles. The van der Waals surface area contributed by atoms with Crippen LogP contribution in [0.3, 0.4) is 0 Å². The zero-order valence-corrected chi connectivity index (χ0v) is 10.2. The Hall–Kier alpha value is -2.38. The molecule has 0 radical (unpaired) electrons. The summed E-state index contributed by atoms with van der Waals surface area (Å²) < 4.78 is 51.3. The van der Waals surface area contributed by atoms with Gasteiger partial charge in [-0.05, 0) is 19.1 Å². The number of nitrogens with one attached hydrogen (secondary N) is 2. The molecule has 20 heavy (non-hydrogen) atoms. The number of hydrogen-bond donors (Lipinski definition) is 2. The van der Waals surface area contributed by atoms with E-state index in [1.807, 2.05) is 0 Å². The summed E-state index contributed by atoms with van der Waals surface area (Å²) in [6, 6.07) is 3.98. The van der Waals surface area contributed by atoms with Crippen molar-refractivity contribution in [3.8, 4) is 0 Å². The number of aryl methyl sites for hydroxylation is 1. The number of H-pyrrole nitrogens is 1. The lowest BCUT2D eigenvalue weighted by atomic mass is 10.1. The Morgan fingerprint density at radius 2 is 2.05 bits per heavy atom. The van der Waals surface area contributed by atoms with Gasteiger partial charge in [-0.3, -0.25) is 9.89 Å². The molecule has 2 aromatic rings. The fraction of sp³-hybridized carbons (Fsp3) is 0.167. The number of aromatic nitrogens is 2. The van der Waals surface area contributed by atoms with Crippen LogP contribution in [0.2, 0.25) is 0 Å². The summed E-state index contributed by atoms with van der Waals surface area (Å²) >= 11 is 0. The summed E-state index contributed by atoms with van der Waals surface area (Å²) in [5, 5.41) is 8.43. The van der Waals surface area contributed by atoms with Crippen LogP contribution in [0.15, 0.2) is 24.3 Å². The van der Waals surface area contributed by atoms with Crippen LogP contribution in [0, 0.1) is 12.7 Å². The first-order chi connectivity index (χ1) is 9.29. The summed E-state index contributed by atoms with van der Waals surface area (Å²) in [5.41, 5.74) is -1.53. The normalized spacial score (nSPS) is 11.4. The maximum Gasteiger partial charge on any atom is 0.419 e. The summed E-state index contributed by atoms with van der Waals surface area (Å²) in [6.45, 7) is 1.67. The third-order valence-electron chi connectivity index (χ3n) is 2.50. The molecule has 0 spiro atoms. The highest BCUT2D eigenvalue weighted by Crippen LogP contribution is 2.32. The van der Waals surface area contributed by atoms with Gasteiger partial charge in [0.15, 0.2) is 5.82 Å². The SMILES string of the molecule is Cc1cc(NC(=O)c2cccc(C(F)(F)F)c2F)n[nH]1. The van der Waals surface area contributed by atoms with Gasteiger partial charge in [0.25, 0.3) is 5.91 Å². The summed E-state index contributed by atoms with van der Waals surface area (Å²) in [6.07, 6.45) is -4.86. The zero-order valence-electron chi connectivity index (χ0n) is 10.2. The summed E-state index contributed by atoms with van der Waals surface area (Å²) in [7, 11) is 0. The molecule has 0 unspecified atom stereocenters. The smallest absolute Gasteiger partial charge is 0.305 e. The molecule has 0 bridgehead atoms. The number of hydrogen-bond acceptors (Lipinski definition) is 2. The second kappa shape index (κ2) is 4.95. The number of halogens is 4. The number of benzene rings is 1. The fourth-order valence-corrected chi connectivity index (χ4v) is 1.59. The molecule has 0 aliphatic carbocycles.